The zero-order valence-electron chi connectivity index (χ0n) is 12.3. The molecule has 0 spiro atoms. The molecular weight excluding hydrogens is 277 g/mol. The van der Waals surface area contributed by atoms with E-state index in [2.05, 4.69) is 5.32 Å². The quantitative estimate of drug-likeness (QED) is 0.738. The Morgan fingerprint density at radius 2 is 2.05 bits per heavy atom. The van der Waals surface area contributed by atoms with Crippen LogP contribution in [0.3, 0.4) is 0 Å². The molecule has 0 aliphatic rings. The van der Waals surface area contributed by atoms with Crippen LogP contribution in [0.1, 0.15) is 20.3 Å². The van der Waals surface area contributed by atoms with Gasteiger partial charge in [0.25, 0.3) is 0 Å². The molecule has 1 aromatic rings. The molecule has 4 N–H and O–H groups in total. The molecule has 0 aliphatic carbocycles. The van der Waals surface area contributed by atoms with E-state index in [0.29, 0.717) is 5.69 Å². The molecule has 0 bridgehead atoms. The third-order valence-corrected chi connectivity index (χ3v) is 3.10. The van der Waals surface area contributed by atoms with E-state index < -0.39 is 30.2 Å². The van der Waals surface area contributed by atoms with Crippen LogP contribution in [0.25, 0.3) is 0 Å². The number of halogens is 1. The van der Waals surface area contributed by atoms with Crippen LogP contribution in [0.5, 0.6) is 0 Å². The number of aliphatic carboxylic acids is 1. The van der Waals surface area contributed by atoms with Gasteiger partial charge in [-0.25, -0.2) is 4.39 Å². The van der Waals surface area contributed by atoms with Gasteiger partial charge in [0, 0.05) is 18.8 Å². The Bertz CT molecular complexity index is 534. The molecule has 0 saturated heterocycles. The molecule has 0 fully saturated rings. The second kappa shape index (κ2) is 7.03. The summed E-state index contributed by atoms with van der Waals surface area (Å²) in [7, 11) is 1.77. The zero-order valence-corrected chi connectivity index (χ0v) is 12.3. The summed E-state index contributed by atoms with van der Waals surface area (Å²) < 4.78 is 14.0. The summed E-state index contributed by atoms with van der Waals surface area (Å²) >= 11 is 0. The fourth-order valence-electron chi connectivity index (χ4n) is 1.66. The number of carbonyl (C=O) groups is 2. The van der Waals surface area contributed by atoms with Crippen molar-refractivity contribution in [1.82, 2.24) is 0 Å². The topological polar surface area (TPSA) is 95.7 Å². The van der Waals surface area contributed by atoms with Gasteiger partial charge in [-0.15, -0.1) is 0 Å². The van der Waals surface area contributed by atoms with E-state index >= 15 is 0 Å². The van der Waals surface area contributed by atoms with Crippen LogP contribution in [-0.4, -0.2) is 36.1 Å². The van der Waals surface area contributed by atoms with E-state index in [9.17, 15) is 14.0 Å². The van der Waals surface area contributed by atoms with E-state index in [0.717, 1.165) is 0 Å². The maximum Gasteiger partial charge on any atom is 0.305 e. The monoisotopic (exact) mass is 297 g/mol. The summed E-state index contributed by atoms with van der Waals surface area (Å²) in [6.45, 7) is 3.86. The predicted octanol–water partition coefficient (Wildman–Crippen LogP) is 1.41. The Morgan fingerprint density at radius 1 is 1.43 bits per heavy atom. The van der Waals surface area contributed by atoms with Gasteiger partial charge in [0.1, 0.15) is 5.82 Å². The van der Waals surface area contributed by atoms with Crippen molar-refractivity contribution in [3.8, 4) is 0 Å². The van der Waals surface area contributed by atoms with Gasteiger partial charge >= 0.3 is 5.97 Å². The van der Waals surface area contributed by atoms with Crippen molar-refractivity contribution in [3.63, 3.8) is 0 Å². The van der Waals surface area contributed by atoms with Crippen molar-refractivity contribution in [3.05, 3.63) is 24.0 Å². The summed E-state index contributed by atoms with van der Waals surface area (Å²) in [5.41, 5.74) is 6.08. The highest BCUT2D eigenvalue weighted by Gasteiger charge is 2.18. The number of amides is 1. The summed E-state index contributed by atoms with van der Waals surface area (Å²) in [5, 5.41) is 11.0. The Labute approximate surface area is 122 Å². The molecule has 21 heavy (non-hydrogen) atoms. The second-order valence-electron chi connectivity index (χ2n) is 5.06. The van der Waals surface area contributed by atoms with Gasteiger partial charge < -0.3 is 21.1 Å². The van der Waals surface area contributed by atoms with Gasteiger partial charge in [-0.05, 0) is 32.0 Å². The smallest absolute Gasteiger partial charge is 0.305 e. The summed E-state index contributed by atoms with van der Waals surface area (Å²) in [6, 6.07) is 3.23. The number of carbonyl (C=O) groups excluding carboxylic acids is 1. The minimum Gasteiger partial charge on any atom is -0.481 e. The summed E-state index contributed by atoms with van der Waals surface area (Å²) in [6.07, 6.45) is -0.484. The van der Waals surface area contributed by atoms with Crippen molar-refractivity contribution in [2.75, 3.05) is 17.3 Å². The van der Waals surface area contributed by atoms with Crippen molar-refractivity contribution >= 4 is 23.3 Å². The molecule has 1 atom stereocenters. The Morgan fingerprint density at radius 3 is 2.52 bits per heavy atom. The van der Waals surface area contributed by atoms with Crippen molar-refractivity contribution < 1.29 is 19.1 Å². The lowest BCUT2D eigenvalue weighted by Crippen LogP contribution is -2.37. The first-order chi connectivity index (χ1) is 9.72. The molecule has 6 nitrogen and oxygen atoms in total. The highest BCUT2D eigenvalue weighted by Crippen LogP contribution is 2.23. The lowest BCUT2D eigenvalue weighted by molar-refractivity contribution is -0.138. The third-order valence-electron chi connectivity index (χ3n) is 3.10. The second-order valence-corrected chi connectivity index (χ2v) is 5.06. The number of rotatable bonds is 6. The number of carboxylic acids is 1. The molecule has 1 unspecified atom stereocenters. The fraction of sp³-hybridized carbons (Fsp3) is 0.429. The highest BCUT2D eigenvalue weighted by atomic mass is 19.1. The third kappa shape index (κ3) is 4.71. The zero-order chi connectivity index (χ0) is 16.2. The molecule has 0 aromatic heterocycles. The van der Waals surface area contributed by atoms with Gasteiger partial charge in [0.2, 0.25) is 5.91 Å². The number of anilines is 2. The first-order valence-corrected chi connectivity index (χ1v) is 6.53. The number of nitrogens with zero attached hydrogens (tertiary/aromatic N) is 1. The molecule has 0 aliphatic heterocycles. The molecule has 1 amide bonds. The molecular formula is C14H20FN3O3. The summed E-state index contributed by atoms with van der Waals surface area (Å²) in [5.74, 6) is -2.31. The predicted molar refractivity (Wildman–Crippen MR) is 78.8 cm³/mol. The van der Waals surface area contributed by atoms with Gasteiger partial charge in [-0.2, -0.15) is 0 Å². The number of carboxylic acid groups (broad SMARTS) is 1. The number of hydrogen-bond donors (Lipinski definition) is 3. The number of nitrogens with two attached hydrogens (primary N) is 1. The largest absolute Gasteiger partial charge is 0.481 e. The van der Waals surface area contributed by atoms with E-state index in [1.54, 1.807) is 24.1 Å². The van der Waals surface area contributed by atoms with E-state index in [-0.39, 0.29) is 11.7 Å². The van der Waals surface area contributed by atoms with E-state index in [4.69, 9.17) is 10.8 Å². The molecule has 0 heterocycles. The maximum atomic E-state index is 14.0. The maximum absolute atomic E-state index is 14.0. The fourth-order valence-corrected chi connectivity index (χ4v) is 1.66. The van der Waals surface area contributed by atoms with Crippen LogP contribution in [0, 0.1) is 5.82 Å². The highest BCUT2D eigenvalue weighted by molar-refractivity contribution is 5.96. The minimum atomic E-state index is -1.18. The van der Waals surface area contributed by atoms with Crippen LogP contribution in [0.15, 0.2) is 18.2 Å². The molecule has 116 valence electrons. The Balaban J connectivity index is 2.80. The molecule has 1 aromatic carbocycles. The van der Waals surface area contributed by atoms with Crippen LogP contribution in [0.4, 0.5) is 15.8 Å². The first kappa shape index (κ1) is 16.9. The molecule has 0 radical (unpaired) electrons. The van der Waals surface area contributed by atoms with Crippen LogP contribution >= 0.6 is 0 Å². The van der Waals surface area contributed by atoms with E-state index in [1.165, 1.54) is 6.07 Å². The molecule has 7 heteroatoms. The van der Waals surface area contributed by atoms with Crippen molar-refractivity contribution in [1.29, 1.82) is 0 Å². The van der Waals surface area contributed by atoms with Crippen molar-refractivity contribution in [2.24, 2.45) is 5.73 Å². The SMILES string of the molecule is CC(C)N(C)c1ccc(NC(=O)C(N)CC(=O)O)cc1F. The van der Waals surface area contributed by atoms with Crippen LogP contribution in [0.2, 0.25) is 0 Å². The average Bonchev–Trinajstić information content (AvgIpc) is 2.37. The van der Waals surface area contributed by atoms with E-state index in [1.807, 2.05) is 13.8 Å². The van der Waals surface area contributed by atoms with Gasteiger partial charge in [-0.1, -0.05) is 0 Å². The number of nitrogens with one attached hydrogen (secondary N) is 1. The normalized spacial score (nSPS) is 12.1. The molecule has 0 saturated carbocycles. The molecule has 1 rings (SSSR count). The Kier molecular flexibility index (Phi) is 5.66. The average molecular weight is 297 g/mol. The first-order valence-electron chi connectivity index (χ1n) is 6.53. The van der Waals surface area contributed by atoms with Gasteiger partial charge in [-0.3, -0.25) is 9.59 Å². The minimum absolute atomic E-state index is 0.129. The van der Waals surface area contributed by atoms with Crippen LogP contribution < -0.4 is 16.0 Å². The lowest BCUT2D eigenvalue weighted by atomic mass is 10.2. The summed E-state index contributed by atoms with van der Waals surface area (Å²) in [4.78, 5) is 23.9. The van der Waals surface area contributed by atoms with Crippen LogP contribution in [-0.2, 0) is 9.59 Å². The Hall–Kier alpha value is -2.15. The standard InChI is InChI=1S/C14H20FN3O3/c1-8(2)18(3)12-5-4-9(6-10(12)15)17-14(21)11(16)7-13(19)20/h4-6,8,11H,7,16H2,1-3H3,(H,17,21)(H,19,20). The van der Waals surface area contributed by atoms with Gasteiger partial charge in [0.15, 0.2) is 0 Å². The van der Waals surface area contributed by atoms with Gasteiger partial charge in [0.05, 0.1) is 18.2 Å². The lowest BCUT2D eigenvalue weighted by Gasteiger charge is -2.24. The number of benzene rings is 1. The van der Waals surface area contributed by atoms with Crippen molar-refractivity contribution in [2.45, 2.75) is 32.4 Å². The number of hydrogen-bond acceptors (Lipinski definition) is 4.